The summed E-state index contributed by atoms with van der Waals surface area (Å²) >= 11 is 0. The maximum absolute atomic E-state index is 11.7. The lowest BCUT2D eigenvalue weighted by Crippen LogP contribution is -2.16. The molecule has 1 fully saturated rings. The maximum Gasteiger partial charge on any atom is 0.280 e. The number of H-pyrrole nitrogens is 1. The summed E-state index contributed by atoms with van der Waals surface area (Å²) in [6, 6.07) is 0. The summed E-state index contributed by atoms with van der Waals surface area (Å²) in [5.74, 6) is 0.0714. The van der Waals surface area contributed by atoms with Crippen molar-refractivity contribution in [2.75, 3.05) is 12.3 Å². The van der Waals surface area contributed by atoms with Gasteiger partial charge in [-0.25, -0.2) is 4.98 Å². The number of aromatic nitrogens is 4. The lowest BCUT2D eigenvalue weighted by Gasteiger charge is -2.14. The van der Waals surface area contributed by atoms with Gasteiger partial charge in [0.25, 0.3) is 5.56 Å². The summed E-state index contributed by atoms with van der Waals surface area (Å²) in [5, 5.41) is 0. The minimum absolute atomic E-state index is 0.0410. The number of ether oxygens (including phenoxy) is 1. The highest BCUT2D eigenvalue weighted by Gasteiger charge is 2.28. The first-order valence-electron chi connectivity index (χ1n) is 5.88. The highest BCUT2D eigenvalue weighted by atomic mass is 31.0. The monoisotopic (exact) mass is 283 g/mol. The molecule has 8 nitrogen and oxygen atoms in total. The molecule has 3 rings (SSSR count). The molecule has 3 unspecified atom stereocenters. The quantitative estimate of drug-likeness (QED) is 0.778. The second-order valence-corrected chi connectivity index (χ2v) is 4.73. The molecule has 9 heteroatoms. The van der Waals surface area contributed by atoms with Gasteiger partial charge in [-0.05, 0) is 12.8 Å². The van der Waals surface area contributed by atoms with E-state index in [9.17, 15) is 4.79 Å². The Bertz CT molecular complexity index is 654. The van der Waals surface area contributed by atoms with Crippen molar-refractivity contribution in [1.82, 2.24) is 19.5 Å². The second kappa shape index (κ2) is 4.88. The Balaban J connectivity index is 1.96. The van der Waals surface area contributed by atoms with Gasteiger partial charge in [0.15, 0.2) is 11.2 Å². The van der Waals surface area contributed by atoms with E-state index in [1.807, 2.05) is 0 Å². The van der Waals surface area contributed by atoms with Crippen molar-refractivity contribution in [2.45, 2.75) is 25.2 Å². The van der Waals surface area contributed by atoms with E-state index in [0.717, 1.165) is 12.8 Å². The largest absolute Gasteiger partial charge is 0.369 e. The SMILES string of the molecule is Nc1nc2c(ncn2C2CCC(COP)O2)c(=O)[nH]1. The van der Waals surface area contributed by atoms with Crippen molar-refractivity contribution in [3.05, 3.63) is 16.7 Å². The van der Waals surface area contributed by atoms with Crippen LogP contribution in [0.25, 0.3) is 11.2 Å². The average Bonchev–Trinajstić information content (AvgIpc) is 2.95. The van der Waals surface area contributed by atoms with Crippen LogP contribution in [0.15, 0.2) is 11.1 Å². The zero-order valence-corrected chi connectivity index (χ0v) is 11.2. The Labute approximate surface area is 110 Å². The van der Waals surface area contributed by atoms with Crippen molar-refractivity contribution in [1.29, 1.82) is 0 Å². The molecule has 0 bridgehead atoms. The molecule has 3 atom stereocenters. The zero-order valence-electron chi connectivity index (χ0n) is 10.1. The number of imidazole rings is 1. The van der Waals surface area contributed by atoms with Crippen molar-refractivity contribution in [2.24, 2.45) is 0 Å². The van der Waals surface area contributed by atoms with Gasteiger partial charge in [0.1, 0.15) is 6.23 Å². The number of rotatable bonds is 3. The molecule has 3 N–H and O–H groups in total. The molecule has 3 heterocycles. The molecule has 0 aliphatic carbocycles. The number of nitrogen functional groups attached to an aromatic ring is 1. The van der Waals surface area contributed by atoms with E-state index < -0.39 is 0 Å². The Morgan fingerprint density at radius 3 is 3.26 bits per heavy atom. The van der Waals surface area contributed by atoms with Gasteiger partial charge < -0.3 is 15.0 Å². The van der Waals surface area contributed by atoms with Gasteiger partial charge in [-0.1, -0.05) is 0 Å². The topological polar surface area (TPSA) is 108 Å². The fourth-order valence-corrected chi connectivity index (χ4v) is 2.49. The molecule has 102 valence electrons. The van der Waals surface area contributed by atoms with E-state index in [2.05, 4.69) is 24.4 Å². The van der Waals surface area contributed by atoms with E-state index >= 15 is 0 Å². The van der Waals surface area contributed by atoms with E-state index in [4.69, 9.17) is 15.0 Å². The van der Waals surface area contributed by atoms with Crippen LogP contribution in [0.3, 0.4) is 0 Å². The standard InChI is InChI=1S/C10H14N5O3P/c11-10-13-8-7(9(16)14-10)12-4-15(8)6-2-1-5(18-6)3-17-19/h4-6H,1-3,19H2,(H3,11,13,14,16). The van der Waals surface area contributed by atoms with Crippen LogP contribution in [-0.4, -0.2) is 32.2 Å². The molecule has 19 heavy (non-hydrogen) atoms. The molecule has 2 aromatic heterocycles. The first-order valence-corrected chi connectivity index (χ1v) is 6.35. The summed E-state index contributed by atoms with van der Waals surface area (Å²) in [5.41, 5.74) is 5.92. The summed E-state index contributed by atoms with van der Waals surface area (Å²) in [7, 11) is 2.21. The molecule has 0 amide bonds. The molecule has 2 aromatic rings. The number of anilines is 1. The van der Waals surface area contributed by atoms with Crippen molar-refractivity contribution in [3.63, 3.8) is 0 Å². The number of nitrogens with one attached hydrogen (secondary N) is 1. The predicted octanol–water partition coefficient (Wildman–Crippen LogP) is 0.186. The normalized spacial score (nSPS) is 23.2. The Hall–Kier alpha value is -1.50. The van der Waals surface area contributed by atoms with Crippen LogP contribution >= 0.6 is 9.47 Å². The predicted molar refractivity (Wildman–Crippen MR) is 71.4 cm³/mol. The van der Waals surface area contributed by atoms with Gasteiger partial charge in [-0.15, -0.1) is 0 Å². The van der Waals surface area contributed by atoms with Gasteiger partial charge in [-0.3, -0.25) is 14.3 Å². The zero-order chi connectivity index (χ0) is 13.4. The number of nitrogens with two attached hydrogens (primary N) is 1. The molecule has 1 saturated heterocycles. The van der Waals surface area contributed by atoms with Crippen molar-refractivity contribution in [3.8, 4) is 0 Å². The molecule has 1 aliphatic heterocycles. The fourth-order valence-electron chi connectivity index (χ4n) is 2.28. The summed E-state index contributed by atoms with van der Waals surface area (Å²) < 4.78 is 12.6. The minimum Gasteiger partial charge on any atom is -0.369 e. The third-order valence-electron chi connectivity index (χ3n) is 3.13. The third-order valence-corrected chi connectivity index (χ3v) is 3.32. The number of fused-ring (bicyclic) bond motifs is 1. The van der Waals surface area contributed by atoms with Crippen molar-refractivity contribution < 1.29 is 9.26 Å². The Kier molecular flexibility index (Phi) is 3.22. The first kappa shape index (κ1) is 12.5. The van der Waals surface area contributed by atoms with E-state index in [1.165, 1.54) is 0 Å². The maximum atomic E-state index is 11.7. The molecule has 0 aromatic carbocycles. The first-order chi connectivity index (χ1) is 9.19. The Morgan fingerprint density at radius 1 is 1.63 bits per heavy atom. The van der Waals surface area contributed by atoms with Gasteiger partial charge >= 0.3 is 0 Å². The highest BCUT2D eigenvalue weighted by molar-refractivity contribution is 7.09. The molecule has 0 saturated carbocycles. The Morgan fingerprint density at radius 2 is 2.47 bits per heavy atom. The van der Waals surface area contributed by atoms with Crippen LogP contribution in [0, 0.1) is 0 Å². The van der Waals surface area contributed by atoms with Gasteiger partial charge in [-0.2, -0.15) is 4.98 Å². The van der Waals surface area contributed by atoms with Gasteiger partial charge in [0.05, 0.1) is 19.0 Å². The van der Waals surface area contributed by atoms with E-state index in [-0.39, 0.29) is 29.4 Å². The van der Waals surface area contributed by atoms with Crippen LogP contribution in [0.2, 0.25) is 0 Å². The minimum atomic E-state index is -0.343. The van der Waals surface area contributed by atoms with Crippen LogP contribution in [0.4, 0.5) is 5.95 Å². The molecular formula is C10H14N5O3P. The summed E-state index contributed by atoms with van der Waals surface area (Å²) in [4.78, 5) is 22.3. The van der Waals surface area contributed by atoms with Crippen LogP contribution in [-0.2, 0) is 9.26 Å². The number of hydrogen-bond donors (Lipinski definition) is 2. The van der Waals surface area contributed by atoms with E-state index in [0.29, 0.717) is 12.3 Å². The van der Waals surface area contributed by atoms with Crippen LogP contribution in [0.1, 0.15) is 19.1 Å². The molecule has 1 aliphatic rings. The molecule has 0 radical (unpaired) electrons. The molecule has 0 spiro atoms. The highest BCUT2D eigenvalue weighted by Crippen LogP contribution is 2.30. The van der Waals surface area contributed by atoms with Crippen LogP contribution in [0.5, 0.6) is 0 Å². The smallest absolute Gasteiger partial charge is 0.280 e. The number of aromatic amines is 1. The van der Waals surface area contributed by atoms with E-state index in [1.54, 1.807) is 10.9 Å². The number of nitrogens with zero attached hydrogens (tertiary/aromatic N) is 3. The lowest BCUT2D eigenvalue weighted by molar-refractivity contribution is -0.0130. The van der Waals surface area contributed by atoms with Gasteiger partial charge in [0.2, 0.25) is 5.95 Å². The lowest BCUT2D eigenvalue weighted by atomic mass is 10.2. The third kappa shape index (κ3) is 2.22. The average molecular weight is 283 g/mol. The number of hydrogen-bond acceptors (Lipinski definition) is 6. The van der Waals surface area contributed by atoms with Crippen molar-refractivity contribution >= 4 is 26.6 Å². The summed E-state index contributed by atoms with van der Waals surface area (Å²) in [6.07, 6.45) is 3.11. The summed E-state index contributed by atoms with van der Waals surface area (Å²) in [6.45, 7) is 0.518. The van der Waals surface area contributed by atoms with Crippen LogP contribution < -0.4 is 11.3 Å². The molecular weight excluding hydrogens is 269 g/mol. The van der Waals surface area contributed by atoms with Gasteiger partial charge in [0, 0.05) is 9.47 Å². The second-order valence-electron chi connectivity index (χ2n) is 4.40. The fraction of sp³-hybridized carbons (Fsp3) is 0.500.